The molecule has 8 aliphatic heterocycles. The summed E-state index contributed by atoms with van der Waals surface area (Å²) in [6.45, 7) is 36.8. The van der Waals surface area contributed by atoms with E-state index in [4.69, 9.17) is 37.9 Å². The minimum absolute atomic E-state index is 0.00283. The maximum Gasteiger partial charge on any atom is 0.327 e. The van der Waals surface area contributed by atoms with Crippen LogP contribution in [0.15, 0.2) is 0 Å². The summed E-state index contributed by atoms with van der Waals surface area (Å²) in [4.78, 5) is 154. The lowest BCUT2D eigenvalue weighted by molar-refractivity contribution is -0.164. The first-order valence-electron chi connectivity index (χ1n) is 39.5. The molecule has 14 fully saturated rings. The van der Waals surface area contributed by atoms with Gasteiger partial charge in [0.05, 0.1) is 80.8 Å². The second-order valence-corrected chi connectivity index (χ2v) is 36.4. The Kier molecular flexibility index (Phi) is 25.1. The summed E-state index contributed by atoms with van der Waals surface area (Å²) in [7, 11) is 1.30. The number of hydrogen-bond acceptors (Lipinski definition) is 22. The van der Waals surface area contributed by atoms with Gasteiger partial charge < -0.3 is 69.8 Å². The monoisotopic (exact) mass is 1520 g/mol. The molecule has 28 nitrogen and oxygen atoms in total. The van der Waals surface area contributed by atoms with Crippen LogP contribution in [-0.4, -0.2) is 171 Å². The number of nitrogens with zero attached hydrogens (tertiary/aromatic N) is 1. The van der Waals surface area contributed by atoms with Gasteiger partial charge in [-0.05, 0) is 108 Å². The van der Waals surface area contributed by atoms with Gasteiger partial charge in [-0.25, -0.2) is 0 Å². The molecule has 0 radical (unpaired) electrons. The average Bonchev–Trinajstić information content (AvgIpc) is 1.54. The number of carbonyl (C=O) groups is 13. The molecule has 602 valence electrons. The maximum absolute atomic E-state index is 12.4. The van der Waals surface area contributed by atoms with E-state index in [1.807, 2.05) is 125 Å². The fourth-order valence-corrected chi connectivity index (χ4v) is 17.4. The van der Waals surface area contributed by atoms with Crippen molar-refractivity contribution in [3.63, 3.8) is 0 Å². The van der Waals surface area contributed by atoms with Crippen molar-refractivity contribution in [3.05, 3.63) is 0 Å². The van der Waals surface area contributed by atoms with Crippen molar-refractivity contribution >= 4 is 77.2 Å². The van der Waals surface area contributed by atoms with Crippen LogP contribution in [0, 0.1) is 114 Å². The normalized spacial score (nSPS) is 35.2. The highest BCUT2D eigenvalue weighted by Crippen LogP contribution is 2.63. The minimum Gasteiger partial charge on any atom is -0.468 e. The number of ether oxygens (including phenoxy) is 8. The van der Waals surface area contributed by atoms with Gasteiger partial charge in [-0.2, -0.15) is 5.26 Å². The van der Waals surface area contributed by atoms with Crippen LogP contribution in [0.5, 0.6) is 0 Å². The van der Waals surface area contributed by atoms with Crippen molar-refractivity contribution in [2.75, 3.05) is 33.4 Å². The number of amides is 6. The molecular formula is C80H121N7O21. The molecule has 28 heteroatoms. The van der Waals surface area contributed by atoms with E-state index >= 15 is 0 Å². The molecule has 8 bridgehead atoms. The Bertz CT molecular complexity index is 3470. The molecule has 6 saturated carbocycles. The summed E-state index contributed by atoms with van der Waals surface area (Å²) in [6.07, 6.45) is 9.64. The van der Waals surface area contributed by atoms with Crippen LogP contribution >= 0.6 is 0 Å². The Morgan fingerprint density at radius 2 is 0.935 bits per heavy atom. The van der Waals surface area contributed by atoms with Crippen molar-refractivity contribution < 1.29 is 100 Å². The van der Waals surface area contributed by atoms with E-state index in [1.165, 1.54) is 7.11 Å². The Morgan fingerprint density at radius 3 is 1.42 bits per heavy atom. The number of fused-ring (bicyclic) bond motifs is 4. The number of cyclic esters (lactones) is 2. The van der Waals surface area contributed by atoms with Gasteiger partial charge in [-0.3, -0.25) is 62.3 Å². The lowest BCUT2D eigenvalue weighted by atomic mass is 9.72. The van der Waals surface area contributed by atoms with Crippen molar-refractivity contribution in [2.45, 2.75) is 282 Å². The molecule has 0 aromatic carbocycles. The molecule has 22 atom stereocenters. The Hall–Kier alpha value is -7.44. The van der Waals surface area contributed by atoms with Crippen molar-refractivity contribution in [1.82, 2.24) is 31.9 Å². The van der Waals surface area contributed by atoms with Crippen LogP contribution in [-0.2, 0) is 100 Å². The highest BCUT2D eigenvalue weighted by atomic mass is 16.6. The van der Waals surface area contributed by atoms with Crippen LogP contribution < -0.4 is 31.9 Å². The molecule has 6 amide bonds. The van der Waals surface area contributed by atoms with Gasteiger partial charge in [0.15, 0.2) is 16.9 Å². The predicted molar refractivity (Wildman–Crippen MR) is 387 cm³/mol. The zero-order valence-corrected chi connectivity index (χ0v) is 67.0. The van der Waals surface area contributed by atoms with E-state index in [1.54, 1.807) is 0 Å². The number of methoxy groups -OCH3 is 1. The number of nitriles is 1. The predicted octanol–water partition coefficient (Wildman–Crippen LogP) is 6.73. The summed E-state index contributed by atoms with van der Waals surface area (Å²) in [5.41, 5.74) is -4.37. The van der Waals surface area contributed by atoms with E-state index < -0.39 is 45.1 Å². The quantitative estimate of drug-likeness (QED) is 0.0394. The molecule has 14 rings (SSSR count). The molecular weight excluding hydrogens is 1390 g/mol. The van der Waals surface area contributed by atoms with E-state index in [0.717, 1.165) is 64.2 Å². The fraction of sp³-hybridized carbons (Fsp3) is 0.825. The Balaban J connectivity index is 0.000000150. The molecule has 6 N–H and O–H groups in total. The molecule has 0 spiro atoms. The van der Waals surface area contributed by atoms with Crippen molar-refractivity contribution in [1.29, 1.82) is 5.26 Å². The molecule has 8 heterocycles. The standard InChI is InChI=1S/C16H23NO5.C15H20N2O3.C14H21NO3.C13H19NO4.2C11H19NO3/c1-5-15(2,3)12(18)17-10-8-6-9-11(10)22-14(20)16(9,7-8)13(19)21-4;1-4-14(2,3)12(18)17-10-8-5-9-11(10)20-13(19)15(9,6-8)7-16;1-4-14(2,3)13(17)15-10-7-5-8-9(6-7)12(16)18-11(8)10;1-4-13(2,3)12(16)14-8-7-5-6-9(17-7)10(8)18-11(6)15;1-4-11(2,3)10(14)12-6-8-5-9(13)15-7-8;1-4-11(2,3)10(14)12-7-8-5-6-15-9(8)13/h8-11H,5-7H2,1-4H3,(H,17,18);8-11H,4-6H2,1-3H3,(H,17,18);7-11H,4-6H2,1-3H3,(H,15,17);6-10H,4-5H2,1-3H3,(H,14,16);2*8H,4-7H2,1-3H3,(H,12,14). The molecule has 0 aromatic heterocycles. The van der Waals surface area contributed by atoms with Gasteiger partial charge in [0.25, 0.3) is 0 Å². The van der Waals surface area contributed by atoms with Gasteiger partial charge in [0.2, 0.25) is 35.4 Å². The van der Waals surface area contributed by atoms with Gasteiger partial charge in [-0.15, -0.1) is 0 Å². The topological polar surface area (TPSA) is 392 Å². The molecule has 6 aliphatic carbocycles. The number of esters is 7. The van der Waals surface area contributed by atoms with E-state index in [2.05, 4.69) is 38.0 Å². The third-order valence-electron chi connectivity index (χ3n) is 27.6. The zero-order valence-electron chi connectivity index (χ0n) is 67.0. The Labute approximate surface area is 635 Å². The fourth-order valence-electron chi connectivity index (χ4n) is 17.4. The van der Waals surface area contributed by atoms with Gasteiger partial charge >= 0.3 is 41.8 Å². The summed E-state index contributed by atoms with van der Waals surface area (Å²) >= 11 is 0. The first-order chi connectivity index (χ1) is 50.4. The van der Waals surface area contributed by atoms with Crippen molar-refractivity contribution in [2.24, 2.45) is 102 Å². The molecule has 22 unspecified atom stereocenters. The third-order valence-corrected chi connectivity index (χ3v) is 27.6. The van der Waals surface area contributed by atoms with Gasteiger partial charge in [-0.1, -0.05) is 125 Å². The molecule has 14 aliphatic rings. The zero-order chi connectivity index (χ0) is 80.1. The van der Waals surface area contributed by atoms with Crippen LogP contribution in [0.3, 0.4) is 0 Å². The second-order valence-electron chi connectivity index (χ2n) is 36.4. The number of carbonyl (C=O) groups excluding carboxylic acids is 13. The maximum atomic E-state index is 12.4. The largest absolute Gasteiger partial charge is 0.468 e. The number of nitrogens with one attached hydrogen (secondary N) is 6. The van der Waals surface area contributed by atoms with E-state index in [-0.39, 0.29) is 184 Å². The molecule has 0 aromatic rings. The van der Waals surface area contributed by atoms with Gasteiger partial charge in [0.1, 0.15) is 24.4 Å². The number of hydrogen-bond donors (Lipinski definition) is 6. The Morgan fingerprint density at radius 1 is 0.481 bits per heavy atom. The van der Waals surface area contributed by atoms with Crippen LogP contribution in [0.2, 0.25) is 0 Å². The molecule has 108 heavy (non-hydrogen) atoms. The SMILES string of the molecule is CCC(C)(C)C(=O)NC1C2CC3C(=O)OC1C3C2.CCC(C)(C)C(=O)NC1C2CC3C(=O)OC1C3O2.CCC(C)(C)C(=O)NC1C2CC3C1OC(=O)C3(C#N)C2.CCC(C)(C)C(=O)NC1C2CC3C1OC(=O)C3(C(=O)OC)C2.CCC(C)(C)C(=O)NCC1CCOC1=O.CCC(C)(C)C(=O)NCC1COC(=O)C1. The molecule has 8 saturated heterocycles. The highest BCUT2D eigenvalue weighted by Gasteiger charge is 2.75. The first-order valence-corrected chi connectivity index (χ1v) is 39.5. The average molecular weight is 1520 g/mol. The van der Waals surface area contributed by atoms with Gasteiger partial charge in [0, 0.05) is 69.3 Å². The first kappa shape index (κ1) is 84.6. The van der Waals surface area contributed by atoms with Crippen LogP contribution in [0.1, 0.15) is 221 Å². The minimum atomic E-state index is -1.13. The van der Waals surface area contributed by atoms with Crippen LogP contribution in [0.25, 0.3) is 0 Å². The third kappa shape index (κ3) is 16.2. The van der Waals surface area contributed by atoms with E-state index in [0.29, 0.717) is 70.2 Å². The lowest BCUT2D eigenvalue weighted by Crippen LogP contribution is -2.52. The van der Waals surface area contributed by atoms with Crippen molar-refractivity contribution in [3.8, 4) is 6.07 Å². The second kappa shape index (κ2) is 32.1. The van der Waals surface area contributed by atoms with Crippen LogP contribution in [0.4, 0.5) is 0 Å². The lowest BCUT2D eigenvalue weighted by Gasteiger charge is -2.33. The van der Waals surface area contributed by atoms with E-state index in [9.17, 15) is 67.6 Å². The number of rotatable bonds is 21. The summed E-state index contributed by atoms with van der Waals surface area (Å²) < 4.78 is 41.9. The highest BCUT2D eigenvalue weighted by molar-refractivity contribution is 6.03. The summed E-state index contributed by atoms with van der Waals surface area (Å²) in [6, 6.07) is 1.75. The smallest absolute Gasteiger partial charge is 0.327 e. The summed E-state index contributed by atoms with van der Waals surface area (Å²) in [5.74, 6) is -0.938. The summed E-state index contributed by atoms with van der Waals surface area (Å²) in [5, 5.41) is 27.3.